The summed E-state index contributed by atoms with van der Waals surface area (Å²) in [5.74, 6) is 0.285. The minimum Gasteiger partial charge on any atom is -0.496 e. The molecular formula is C16H14ClFN2O. The van der Waals surface area contributed by atoms with Crippen molar-refractivity contribution >= 4 is 11.6 Å². The molecule has 108 valence electrons. The molecule has 3 nitrogen and oxygen atoms in total. The summed E-state index contributed by atoms with van der Waals surface area (Å²) in [5, 5.41) is 12.6. The highest BCUT2D eigenvalue weighted by molar-refractivity contribution is 6.31. The van der Waals surface area contributed by atoms with Crippen LogP contribution in [0.25, 0.3) is 0 Å². The van der Waals surface area contributed by atoms with Crippen LogP contribution in [0.3, 0.4) is 0 Å². The third kappa shape index (κ3) is 3.94. The lowest BCUT2D eigenvalue weighted by Crippen LogP contribution is -2.14. The van der Waals surface area contributed by atoms with E-state index in [2.05, 4.69) is 5.32 Å². The zero-order valence-corrected chi connectivity index (χ0v) is 12.2. The summed E-state index contributed by atoms with van der Waals surface area (Å²) in [6.07, 6.45) is 0. The van der Waals surface area contributed by atoms with Crippen LogP contribution in [0.1, 0.15) is 16.7 Å². The fourth-order valence-electron chi connectivity index (χ4n) is 2.05. The molecule has 0 saturated heterocycles. The van der Waals surface area contributed by atoms with Gasteiger partial charge in [-0.1, -0.05) is 17.7 Å². The number of hydrogen-bond donors (Lipinski definition) is 1. The molecule has 2 aromatic rings. The molecule has 1 N–H and O–H groups in total. The van der Waals surface area contributed by atoms with Gasteiger partial charge in [-0.2, -0.15) is 5.26 Å². The first-order chi connectivity index (χ1) is 10.1. The standard InChI is InChI=1S/C16H14ClFN2O/c1-21-16-4-2-3-15(17)14(16)10-20-9-12-5-11(8-19)6-13(18)7-12/h2-7,20H,9-10H2,1H3. The third-order valence-electron chi connectivity index (χ3n) is 3.01. The van der Waals surface area contributed by atoms with Gasteiger partial charge in [0.2, 0.25) is 0 Å². The van der Waals surface area contributed by atoms with Crippen LogP contribution in [-0.2, 0) is 13.1 Å². The van der Waals surface area contributed by atoms with Crippen molar-refractivity contribution in [3.05, 3.63) is 63.9 Å². The van der Waals surface area contributed by atoms with Crippen LogP contribution >= 0.6 is 11.6 Å². The molecule has 0 spiro atoms. The first-order valence-electron chi connectivity index (χ1n) is 6.35. The van der Waals surface area contributed by atoms with Crippen LogP contribution in [0, 0.1) is 17.1 Å². The van der Waals surface area contributed by atoms with E-state index in [0.717, 1.165) is 5.56 Å². The summed E-state index contributed by atoms with van der Waals surface area (Å²) < 4.78 is 18.6. The minimum atomic E-state index is -0.416. The second-order valence-corrected chi connectivity index (χ2v) is 4.89. The van der Waals surface area contributed by atoms with Crippen LogP contribution in [-0.4, -0.2) is 7.11 Å². The summed E-state index contributed by atoms with van der Waals surface area (Å²) in [6.45, 7) is 0.919. The molecule has 0 atom stereocenters. The molecular weight excluding hydrogens is 291 g/mol. The molecule has 0 aromatic heterocycles. The average molecular weight is 305 g/mol. The molecule has 0 unspecified atom stereocenters. The van der Waals surface area contributed by atoms with Crippen LogP contribution < -0.4 is 10.1 Å². The minimum absolute atomic E-state index is 0.308. The van der Waals surface area contributed by atoms with Gasteiger partial charge < -0.3 is 10.1 Å². The highest BCUT2D eigenvalue weighted by Gasteiger charge is 2.07. The van der Waals surface area contributed by atoms with E-state index in [4.69, 9.17) is 21.6 Å². The molecule has 21 heavy (non-hydrogen) atoms. The number of methoxy groups -OCH3 is 1. The fraction of sp³-hybridized carbons (Fsp3) is 0.188. The molecule has 0 bridgehead atoms. The van der Waals surface area contributed by atoms with Gasteiger partial charge >= 0.3 is 0 Å². The van der Waals surface area contributed by atoms with E-state index in [1.54, 1.807) is 19.2 Å². The van der Waals surface area contributed by atoms with E-state index in [0.29, 0.717) is 35.0 Å². The van der Waals surface area contributed by atoms with Crippen LogP contribution in [0.15, 0.2) is 36.4 Å². The van der Waals surface area contributed by atoms with Gasteiger partial charge in [0.15, 0.2) is 0 Å². The molecule has 0 aliphatic carbocycles. The smallest absolute Gasteiger partial charge is 0.124 e. The lowest BCUT2D eigenvalue weighted by Gasteiger charge is -2.11. The maximum atomic E-state index is 13.3. The van der Waals surface area contributed by atoms with E-state index < -0.39 is 5.82 Å². The Hall–Kier alpha value is -2.09. The molecule has 0 radical (unpaired) electrons. The molecule has 0 aliphatic rings. The van der Waals surface area contributed by atoms with Crippen molar-refractivity contribution in [3.63, 3.8) is 0 Å². The van der Waals surface area contributed by atoms with Gasteiger partial charge in [-0.3, -0.25) is 0 Å². The number of halogens is 2. The zero-order valence-electron chi connectivity index (χ0n) is 11.5. The predicted octanol–water partition coefficient (Wildman–Crippen LogP) is 3.65. The Morgan fingerprint density at radius 2 is 2.10 bits per heavy atom. The lowest BCUT2D eigenvalue weighted by atomic mass is 10.1. The van der Waals surface area contributed by atoms with Crippen molar-refractivity contribution in [1.29, 1.82) is 5.26 Å². The Labute approximate surface area is 127 Å². The third-order valence-corrected chi connectivity index (χ3v) is 3.37. The highest BCUT2D eigenvalue weighted by atomic mass is 35.5. The normalized spacial score (nSPS) is 10.2. The molecule has 5 heteroatoms. The Balaban J connectivity index is 2.05. The maximum absolute atomic E-state index is 13.3. The van der Waals surface area contributed by atoms with Gasteiger partial charge in [0.25, 0.3) is 0 Å². The summed E-state index contributed by atoms with van der Waals surface area (Å²) in [7, 11) is 1.58. The molecule has 0 heterocycles. The summed E-state index contributed by atoms with van der Waals surface area (Å²) in [5.41, 5.74) is 1.86. The summed E-state index contributed by atoms with van der Waals surface area (Å²) in [6, 6.07) is 11.6. The highest BCUT2D eigenvalue weighted by Crippen LogP contribution is 2.25. The van der Waals surface area contributed by atoms with E-state index >= 15 is 0 Å². The fourth-order valence-corrected chi connectivity index (χ4v) is 2.28. The number of benzene rings is 2. The van der Waals surface area contributed by atoms with Crippen LogP contribution in [0.4, 0.5) is 4.39 Å². The molecule has 2 rings (SSSR count). The largest absolute Gasteiger partial charge is 0.496 e. The number of nitrogens with zero attached hydrogens (tertiary/aromatic N) is 1. The number of nitrogens with one attached hydrogen (secondary N) is 1. The van der Waals surface area contributed by atoms with Crippen molar-refractivity contribution in [2.75, 3.05) is 7.11 Å². The van der Waals surface area contributed by atoms with Crippen molar-refractivity contribution in [3.8, 4) is 11.8 Å². The molecule has 0 saturated carbocycles. The van der Waals surface area contributed by atoms with Gasteiger partial charge in [0.05, 0.1) is 18.7 Å². The van der Waals surface area contributed by atoms with Gasteiger partial charge in [0.1, 0.15) is 11.6 Å². The van der Waals surface area contributed by atoms with E-state index in [1.165, 1.54) is 12.1 Å². The molecule has 0 amide bonds. The van der Waals surface area contributed by atoms with Crippen molar-refractivity contribution < 1.29 is 9.13 Å². The van der Waals surface area contributed by atoms with Gasteiger partial charge in [-0.05, 0) is 35.9 Å². The first-order valence-corrected chi connectivity index (χ1v) is 6.73. The predicted molar refractivity (Wildman–Crippen MR) is 79.7 cm³/mol. The topological polar surface area (TPSA) is 45.0 Å². The monoisotopic (exact) mass is 304 g/mol. The van der Waals surface area contributed by atoms with E-state index in [1.807, 2.05) is 18.2 Å². The first kappa shape index (κ1) is 15.3. The number of rotatable bonds is 5. The molecule has 2 aromatic carbocycles. The van der Waals surface area contributed by atoms with E-state index in [9.17, 15) is 4.39 Å². The Kier molecular flexibility index (Phi) is 5.15. The quantitative estimate of drug-likeness (QED) is 0.917. The van der Waals surface area contributed by atoms with Gasteiger partial charge in [-0.25, -0.2) is 4.39 Å². The lowest BCUT2D eigenvalue weighted by molar-refractivity contribution is 0.407. The van der Waals surface area contributed by atoms with Crippen molar-refractivity contribution in [1.82, 2.24) is 5.32 Å². The zero-order chi connectivity index (χ0) is 15.2. The number of nitriles is 1. The van der Waals surface area contributed by atoms with Gasteiger partial charge in [-0.15, -0.1) is 0 Å². The Bertz CT molecular complexity index is 682. The summed E-state index contributed by atoms with van der Waals surface area (Å²) in [4.78, 5) is 0. The SMILES string of the molecule is COc1cccc(Cl)c1CNCc1cc(F)cc(C#N)c1. The second-order valence-electron chi connectivity index (χ2n) is 4.48. The molecule has 0 fully saturated rings. The Morgan fingerprint density at radius 1 is 1.29 bits per heavy atom. The Morgan fingerprint density at radius 3 is 2.81 bits per heavy atom. The van der Waals surface area contributed by atoms with Gasteiger partial charge in [0, 0.05) is 23.7 Å². The van der Waals surface area contributed by atoms with E-state index in [-0.39, 0.29) is 0 Å². The van der Waals surface area contributed by atoms with Crippen molar-refractivity contribution in [2.24, 2.45) is 0 Å². The van der Waals surface area contributed by atoms with Crippen LogP contribution in [0.5, 0.6) is 5.75 Å². The maximum Gasteiger partial charge on any atom is 0.124 e. The van der Waals surface area contributed by atoms with Crippen LogP contribution in [0.2, 0.25) is 5.02 Å². The van der Waals surface area contributed by atoms with Crippen molar-refractivity contribution in [2.45, 2.75) is 13.1 Å². The number of hydrogen-bond acceptors (Lipinski definition) is 3. The number of ether oxygens (including phenoxy) is 1. The second kappa shape index (κ2) is 7.07. The summed E-state index contributed by atoms with van der Waals surface area (Å²) >= 11 is 6.14. The molecule has 0 aliphatic heterocycles. The average Bonchev–Trinajstić information content (AvgIpc) is 2.48.